The van der Waals surface area contributed by atoms with Crippen LogP contribution in [-0.2, 0) is 6.54 Å². The number of ether oxygens (including phenoxy) is 3. The second-order valence-electron chi connectivity index (χ2n) is 4.69. The van der Waals surface area contributed by atoms with E-state index in [2.05, 4.69) is 5.32 Å². The highest BCUT2D eigenvalue weighted by Gasteiger charge is 2.13. The summed E-state index contributed by atoms with van der Waals surface area (Å²) in [5.74, 6) is 1.09. The first-order valence-electron chi connectivity index (χ1n) is 6.85. The number of nitrogens with zero attached hydrogens (tertiary/aromatic N) is 1. The number of hydrogen-bond acceptors (Lipinski definition) is 5. The summed E-state index contributed by atoms with van der Waals surface area (Å²) in [6.07, 6.45) is 0. The summed E-state index contributed by atoms with van der Waals surface area (Å²) in [4.78, 5) is 0. The Hall–Kier alpha value is -2.94. The van der Waals surface area contributed by atoms with Crippen molar-refractivity contribution in [3.05, 3.63) is 47.3 Å². The van der Waals surface area contributed by atoms with E-state index in [9.17, 15) is 4.39 Å². The van der Waals surface area contributed by atoms with E-state index < -0.39 is 5.82 Å². The monoisotopic (exact) mass is 316 g/mol. The van der Waals surface area contributed by atoms with Gasteiger partial charge < -0.3 is 19.5 Å². The Labute approximate surface area is 134 Å². The molecule has 0 fully saturated rings. The number of halogens is 1. The third kappa shape index (κ3) is 3.64. The maximum Gasteiger partial charge on any atom is 0.203 e. The normalized spacial score (nSPS) is 9.87. The molecule has 0 aromatic heterocycles. The van der Waals surface area contributed by atoms with E-state index in [1.807, 2.05) is 6.07 Å². The standard InChI is InChI=1S/C17H17FN2O3/c1-21-15-7-12(8-16(22-2)17(15)23-3)10-20-14-5-4-11(9-19)6-13(14)18/h4-8,20H,10H2,1-3H3. The van der Waals surface area contributed by atoms with Crippen LogP contribution in [0.15, 0.2) is 30.3 Å². The van der Waals surface area contributed by atoms with Gasteiger partial charge in [-0.1, -0.05) is 0 Å². The van der Waals surface area contributed by atoms with E-state index in [0.717, 1.165) is 5.56 Å². The molecular formula is C17H17FN2O3. The lowest BCUT2D eigenvalue weighted by Gasteiger charge is -2.15. The molecule has 5 nitrogen and oxygen atoms in total. The summed E-state index contributed by atoms with van der Waals surface area (Å²) < 4.78 is 29.7. The molecule has 0 unspecified atom stereocenters. The van der Waals surface area contributed by atoms with Crippen LogP contribution in [-0.4, -0.2) is 21.3 Å². The van der Waals surface area contributed by atoms with Gasteiger partial charge in [0.25, 0.3) is 0 Å². The average Bonchev–Trinajstić information content (AvgIpc) is 2.59. The number of benzene rings is 2. The van der Waals surface area contributed by atoms with Crippen molar-refractivity contribution in [3.8, 4) is 23.3 Å². The fourth-order valence-corrected chi connectivity index (χ4v) is 2.16. The number of hydrogen-bond donors (Lipinski definition) is 1. The molecule has 2 rings (SSSR count). The molecule has 120 valence electrons. The Morgan fingerprint density at radius 2 is 1.70 bits per heavy atom. The fourth-order valence-electron chi connectivity index (χ4n) is 2.16. The van der Waals surface area contributed by atoms with Crippen LogP contribution in [0.1, 0.15) is 11.1 Å². The first-order chi connectivity index (χ1) is 11.1. The molecule has 0 amide bonds. The number of rotatable bonds is 6. The highest BCUT2D eigenvalue weighted by molar-refractivity contribution is 5.55. The molecule has 0 aliphatic rings. The smallest absolute Gasteiger partial charge is 0.203 e. The van der Waals surface area contributed by atoms with Crippen molar-refractivity contribution < 1.29 is 18.6 Å². The molecule has 0 aliphatic carbocycles. The molecule has 6 heteroatoms. The van der Waals surface area contributed by atoms with Crippen molar-refractivity contribution in [1.29, 1.82) is 5.26 Å². The van der Waals surface area contributed by atoms with Gasteiger partial charge >= 0.3 is 0 Å². The van der Waals surface area contributed by atoms with Gasteiger partial charge in [-0.15, -0.1) is 0 Å². The van der Waals surface area contributed by atoms with Crippen LogP contribution < -0.4 is 19.5 Å². The number of methoxy groups -OCH3 is 3. The van der Waals surface area contributed by atoms with Gasteiger partial charge in [0.05, 0.1) is 38.6 Å². The summed E-state index contributed by atoms with van der Waals surface area (Å²) >= 11 is 0. The van der Waals surface area contributed by atoms with Crippen molar-refractivity contribution in [1.82, 2.24) is 0 Å². The molecule has 0 heterocycles. The van der Waals surface area contributed by atoms with Crippen molar-refractivity contribution in [2.24, 2.45) is 0 Å². The van der Waals surface area contributed by atoms with Gasteiger partial charge in [-0.2, -0.15) is 5.26 Å². The molecule has 2 aromatic carbocycles. The molecule has 1 N–H and O–H groups in total. The van der Waals surface area contributed by atoms with Crippen molar-refractivity contribution >= 4 is 5.69 Å². The highest BCUT2D eigenvalue weighted by atomic mass is 19.1. The molecule has 0 saturated carbocycles. The summed E-state index contributed by atoms with van der Waals surface area (Å²) in [5.41, 5.74) is 1.43. The lowest BCUT2D eigenvalue weighted by molar-refractivity contribution is 0.324. The molecule has 23 heavy (non-hydrogen) atoms. The van der Waals surface area contributed by atoms with Crippen LogP contribution in [0.3, 0.4) is 0 Å². The Morgan fingerprint density at radius 3 is 2.17 bits per heavy atom. The third-order valence-corrected chi connectivity index (χ3v) is 3.31. The Morgan fingerprint density at radius 1 is 1.04 bits per heavy atom. The highest BCUT2D eigenvalue weighted by Crippen LogP contribution is 2.38. The van der Waals surface area contributed by atoms with Gasteiger partial charge in [-0.25, -0.2) is 4.39 Å². The van der Waals surface area contributed by atoms with Crippen LogP contribution in [0, 0.1) is 17.1 Å². The molecule has 0 spiro atoms. The van der Waals surface area contributed by atoms with Crippen molar-refractivity contribution in [3.63, 3.8) is 0 Å². The number of nitrogens with one attached hydrogen (secondary N) is 1. The Kier molecular flexibility index (Phi) is 5.26. The predicted molar refractivity (Wildman–Crippen MR) is 84.5 cm³/mol. The van der Waals surface area contributed by atoms with E-state index in [1.165, 1.54) is 33.5 Å². The van der Waals surface area contributed by atoms with Crippen LogP contribution in [0.5, 0.6) is 17.2 Å². The SMILES string of the molecule is COc1cc(CNc2ccc(C#N)cc2F)cc(OC)c1OC. The number of anilines is 1. The van der Waals surface area contributed by atoms with E-state index >= 15 is 0 Å². The van der Waals surface area contributed by atoms with E-state index in [4.69, 9.17) is 19.5 Å². The summed E-state index contributed by atoms with van der Waals surface area (Å²) in [6.45, 7) is 0.361. The topological polar surface area (TPSA) is 63.5 Å². The Balaban J connectivity index is 2.22. The van der Waals surface area contributed by atoms with Crippen LogP contribution in [0.4, 0.5) is 10.1 Å². The summed E-state index contributed by atoms with van der Waals surface area (Å²) in [7, 11) is 4.61. The van der Waals surface area contributed by atoms with Gasteiger partial charge in [-0.3, -0.25) is 0 Å². The average molecular weight is 316 g/mol. The van der Waals surface area contributed by atoms with Gasteiger partial charge in [0.1, 0.15) is 5.82 Å². The first-order valence-corrected chi connectivity index (χ1v) is 6.85. The first kappa shape index (κ1) is 16.4. The minimum Gasteiger partial charge on any atom is -0.493 e. The molecule has 0 saturated heterocycles. The largest absolute Gasteiger partial charge is 0.493 e. The summed E-state index contributed by atoms with van der Waals surface area (Å²) in [5, 5.41) is 11.7. The molecular weight excluding hydrogens is 299 g/mol. The molecule has 2 aromatic rings. The Bertz CT molecular complexity index is 716. The third-order valence-electron chi connectivity index (χ3n) is 3.31. The van der Waals surface area contributed by atoms with Gasteiger partial charge in [-0.05, 0) is 35.9 Å². The lowest BCUT2D eigenvalue weighted by atomic mass is 10.1. The maximum atomic E-state index is 13.9. The quantitative estimate of drug-likeness (QED) is 0.885. The number of nitriles is 1. The minimum absolute atomic E-state index is 0.279. The van der Waals surface area contributed by atoms with E-state index in [0.29, 0.717) is 29.5 Å². The zero-order valence-corrected chi connectivity index (χ0v) is 13.1. The zero-order chi connectivity index (χ0) is 16.8. The van der Waals surface area contributed by atoms with E-state index in [1.54, 1.807) is 18.2 Å². The second-order valence-corrected chi connectivity index (χ2v) is 4.69. The maximum absolute atomic E-state index is 13.9. The van der Waals surface area contributed by atoms with Crippen molar-refractivity contribution in [2.45, 2.75) is 6.54 Å². The fraction of sp³-hybridized carbons (Fsp3) is 0.235. The second kappa shape index (κ2) is 7.36. The molecule has 0 radical (unpaired) electrons. The molecule has 0 atom stereocenters. The van der Waals surface area contributed by atoms with E-state index in [-0.39, 0.29) is 5.56 Å². The van der Waals surface area contributed by atoms with Crippen LogP contribution in [0.25, 0.3) is 0 Å². The van der Waals surface area contributed by atoms with Crippen LogP contribution in [0.2, 0.25) is 0 Å². The van der Waals surface area contributed by atoms with Gasteiger partial charge in [0, 0.05) is 6.54 Å². The van der Waals surface area contributed by atoms with Crippen molar-refractivity contribution in [2.75, 3.05) is 26.6 Å². The minimum atomic E-state index is -0.475. The summed E-state index contributed by atoms with van der Waals surface area (Å²) in [6, 6.07) is 9.75. The zero-order valence-electron chi connectivity index (χ0n) is 13.1. The van der Waals surface area contributed by atoms with Gasteiger partial charge in [0.2, 0.25) is 5.75 Å². The molecule has 0 aliphatic heterocycles. The van der Waals surface area contributed by atoms with Gasteiger partial charge in [0.15, 0.2) is 11.5 Å². The predicted octanol–water partition coefficient (Wildman–Crippen LogP) is 3.34. The van der Waals surface area contributed by atoms with Crippen LogP contribution >= 0.6 is 0 Å². The lowest BCUT2D eigenvalue weighted by Crippen LogP contribution is -2.03. The molecule has 0 bridgehead atoms.